The highest BCUT2D eigenvalue weighted by molar-refractivity contribution is 7.98. The molecule has 2 N–H and O–H groups in total. The van der Waals surface area contributed by atoms with Crippen molar-refractivity contribution in [3.8, 4) is 0 Å². The van der Waals surface area contributed by atoms with E-state index >= 15 is 0 Å². The molecule has 0 saturated carbocycles. The van der Waals surface area contributed by atoms with Gasteiger partial charge in [0.25, 0.3) is 10.0 Å². The number of carboxylic acid groups (broad SMARTS) is 1. The van der Waals surface area contributed by atoms with E-state index in [1.807, 2.05) is 6.26 Å². The van der Waals surface area contributed by atoms with E-state index < -0.39 is 22.0 Å². The minimum absolute atomic E-state index is 0.164. The zero-order chi connectivity index (χ0) is 14.6. The molecule has 108 valence electrons. The average molecular weight is 307 g/mol. The second kappa shape index (κ2) is 6.40. The lowest BCUT2D eigenvalue weighted by Crippen LogP contribution is -2.41. The van der Waals surface area contributed by atoms with Gasteiger partial charge >= 0.3 is 5.97 Å². The molecule has 19 heavy (non-hydrogen) atoms. The molecule has 1 rings (SSSR count). The van der Waals surface area contributed by atoms with Crippen LogP contribution >= 0.6 is 11.8 Å². The van der Waals surface area contributed by atoms with Crippen molar-refractivity contribution in [2.75, 3.05) is 12.0 Å². The third kappa shape index (κ3) is 4.22. The lowest BCUT2D eigenvalue weighted by molar-refractivity contribution is -0.139. The van der Waals surface area contributed by atoms with Crippen LogP contribution in [-0.2, 0) is 21.9 Å². The monoisotopic (exact) mass is 307 g/mol. The molecule has 0 amide bonds. The van der Waals surface area contributed by atoms with Crippen LogP contribution in [0.3, 0.4) is 0 Å². The predicted molar refractivity (Wildman–Crippen MR) is 72.7 cm³/mol. The highest BCUT2D eigenvalue weighted by atomic mass is 32.2. The van der Waals surface area contributed by atoms with Crippen LogP contribution in [0.4, 0.5) is 0 Å². The van der Waals surface area contributed by atoms with E-state index in [0.717, 1.165) is 0 Å². The second-order valence-electron chi connectivity index (χ2n) is 4.03. The Morgan fingerprint density at radius 2 is 2.26 bits per heavy atom. The first-order valence-electron chi connectivity index (χ1n) is 5.52. The number of thioether (sulfide) groups is 1. The summed E-state index contributed by atoms with van der Waals surface area (Å²) < 4.78 is 27.8. The lowest BCUT2D eigenvalue weighted by atomic mass is 10.2. The maximum absolute atomic E-state index is 12.0. The van der Waals surface area contributed by atoms with Gasteiger partial charge < -0.3 is 9.67 Å². The number of aryl methyl sites for hydroxylation is 2. The van der Waals surface area contributed by atoms with E-state index in [0.29, 0.717) is 11.6 Å². The molecule has 1 aromatic heterocycles. The average Bonchev–Trinajstić information content (AvgIpc) is 2.65. The molecule has 0 spiro atoms. The Morgan fingerprint density at radius 3 is 2.68 bits per heavy atom. The van der Waals surface area contributed by atoms with Crippen molar-refractivity contribution in [2.24, 2.45) is 7.05 Å². The van der Waals surface area contributed by atoms with Gasteiger partial charge in [-0.15, -0.1) is 0 Å². The largest absolute Gasteiger partial charge is 0.480 e. The van der Waals surface area contributed by atoms with Crippen molar-refractivity contribution in [1.29, 1.82) is 0 Å². The number of sulfonamides is 1. The quantitative estimate of drug-likeness (QED) is 0.747. The van der Waals surface area contributed by atoms with E-state index in [-0.39, 0.29) is 11.4 Å². The first-order chi connectivity index (χ1) is 8.77. The summed E-state index contributed by atoms with van der Waals surface area (Å²) in [4.78, 5) is 14.9. The number of hydrogen-bond donors (Lipinski definition) is 2. The Labute approximate surface area is 116 Å². The fourth-order valence-corrected chi connectivity index (χ4v) is 3.11. The number of nitrogens with one attached hydrogen (secondary N) is 1. The molecular weight excluding hydrogens is 290 g/mol. The van der Waals surface area contributed by atoms with Gasteiger partial charge in [-0.1, -0.05) is 0 Å². The Morgan fingerprint density at radius 1 is 1.63 bits per heavy atom. The van der Waals surface area contributed by atoms with Crippen molar-refractivity contribution in [1.82, 2.24) is 14.3 Å². The lowest BCUT2D eigenvalue weighted by Gasteiger charge is -2.12. The molecular formula is C10H17N3O4S2. The van der Waals surface area contributed by atoms with Crippen LogP contribution in [0.15, 0.2) is 11.2 Å². The summed E-state index contributed by atoms with van der Waals surface area (Å²) in [5.74, 6) is -0.0950. The van der Waals surface area contributed by atoms with Gasteiger partial charge in [0, 0.05) is 13.2 Å². The minimum atomic E-state index is -3.91. The zero-order valence-corrected chi connectivity index (χ0v) is 12.6. The fourth-order valence-electron chi connectivity index (χ4n) is 1.37. The van der Waals surface area contributed by atoms with Crippen molar-refractivity contribution in [3.63, 3.8) is 0 Å². The fraction of sp³-hybridized carbons (Fsp3) is 0.600. The normalized spacial score (nSPS) is 13.4. The third-order valence-corrected chi connectivity index (χ3v) is 4.55. The molecule has 0 radical (unpaired) electrons. The molecule has 0 unspecified atom stereocenters. The highest BCUT2D eigenvalue weighted by Gasteiger charge is 2.26. The van der Waals surface area contributed by atoms with E-state index in [1.54, 1.807) is 18.5 Å². The standard InChI is InChI=1S/C10H17N3O4S2/c1-7-11-9(6-13(7)2)19(16,17)12-8(10(14)15)4-5-18-3/h6,8,12H,4-5H2,1-3H3,(H,14,15)/t8-/m0/s1. The Balaban J connectivity index is 2.90. The number of nitrogens with zero attached hydrogens (tertiary/aromatic N) is 2. The summed E-state index contributed by atoms with van der Waals surface area (Å²) in [6.45, 7) is 1.67. The number of aliphatic carboxylic acids is 1. The molecule has 0 saturated heterocycles. The van der Waals surface area contributed by atoms with Crippen molar-refractivity contribution < 1.29 is 18.3 Å². The summed E-state index contributed by atoms with van der Waals surface area (Å²) in [6, 6.07) is -1.14. The van der Waals surface area contributed by atoms with Crippen LogP contribution in [0.25, 0.3) is 0 Å². The maximum atomic E-state index is 12.0. The van der Waals surface area contributed by atoms with Gasteiger partial charge in [-0.05, 0) is 25.4 Å². The first kappa shape index (κ1) is 16.0. The van der Waals surface area contributed by atoms with Crippen LogP contribution in [0.2, 0.25) is 0 Å². The Bertz CT molecular complexity index is 534. The molecule has 0 aliphatic heterocycles. The number of hydrogen-bond acceptors (Lipinski definition) is 5. The highest BCUT2D eigenvalue weighted by Crippen LogP contribution is 2.10. The zero-order valence-electron chi connectivity index (χ0n) is 11.0. The molecule has 0 bridgehead atoms. The van der Waals surface area contributed by atoms with Gasteiger partial charge in [-0.25, -0.2) is 13.4 Å². The smallest absolute Gasteiger partial charge is 0.321 e. The van der Waals surface area contributed by atoms with Gasteiger partial charge in [0.2, 0.25) is 0 Å². The van der Waals surface area contributed by atoms with Gasteiger partial charge in [0.05, 0.1) is 0 Å². The van der Waals surface area contributed by atoms with Crippen molar-refractivity contribution in [2.45, 2.75) is 24.4 Å². The summed E-state index contributed by atoms with van der Waals surface area (Å²) in [5.41, 5.74) is 0. The molecule has 1 aromatic rings. The maximum Gasteiger partial charge on any atom is 0.321 e. The molecule has 1 atom stereocenters. The number of carbonyl (C=O) groups is 1. The number of imidazole rings is 1. The molecule has 0 aliphatic rings. The molecule has 9 heteroatoms. The van der Waals surface area contributed by atoms with Crippen LogP contribution in [0.5, 0.6) is 0 Å². The minimum Gasteiger partial charge on any atom is -0.480 e. The van der Waals surface area contributed by atoms with Crippen LogP contribution < -0.4 is 4.72 Å². The van der Waals surface area contributed by atoms with Gasteiger partial charge in [0.1, 0.15) is 11.9 Å². The molecule has 1 heterocycles. The third-order valence-electron chi connectivity index (χ3n) is 2.57. The second-order valence-corrected chi connectivity index (χ2v) is 6.68. The summed E-state index contributed by atoms with van der Waals surface area (Å²) in [5, 5.41) is 8.84. The molecule has 0 aliphatic carbocycles. The van der Waals surface area contributed by atoms with Crippen LogP contribution in [0, 0.1) is 6.92 Å². The van der Waals surface area contributed by atoms with Crippen LogP contribution in [-0.4, -0.2) is 47.1 Å². The van der Waals surface area contributed by atoms with Crippen LogP contribution in [0.1, 0.15) is 12.2 Å². The first-order valence-corrected chi connectivity index (χ1v) is 8.39. The number of rotatable bonds is 7. The number of aromatic nitrogens is 2. The Hall–Kier alpha value is -1.06. The molecule has 7 nitrogen and oxygen atoms in total. The summed E-state index contributed by atoms with van der Waals surface area (Å²) in [6.07, 6.45) is 3.40. The SMILES string of the molecule is CSCC[C@H](NS(=O)(=O)c1cn(C)c(C)n1)C(=O)O. The summed E-state index contributed by atoms with van der Waals surface area (Å²) in [7, 11) is -2.24. The molecule has 0 fully saturated rings. The summed E-state index contributed by atoms with van der Waals surface area (Å²) >= 11 is 1.46. The number of carboxylic acids is 1. The van der Waals surface area contributed by atoms with E-state index in [9.17, 15) is 13.2 Å². The van der Waals surface area contributed by atoms with E-state index in [1.165, 1.54) is 18.0 Å². The van der Waals surface area contributed by atoms with Crippen molar-refractivity contribution >= 4 is 27.8 Å². The van der Waals surface area contributed by atoms with E-state index in [2.05, 4.69) is 9.71 Å². The van der Waals surface area contributed by atoms with Gasteiger partial charge in [0.15, 0.2) is 5.03 Å². The van der Waals surface area contributed by atoms with Gasteiger partial charge in [-0.3, -0.25) is 4.79 Å². The topological polar surface area (TPSA) is 101 Å². The van der Waals surface area contributed by atoms with Gasteiger partial charge in [-0.2, -0.15) is 16.5 Å². The van der Waals surface area contributed by atoms with E-state index in [4.69, 9.17) is 5.11 Å². The predicted octanol–water partition coefficient (Wildman–Crippen LogP) is 0.213. The Kier molecular flexibility index (Phi) is 5.39. The van der Waals surface area contributed by atoms with Crippen molar-refractivity contribution in [3.05, 3.63) is 12.0 Å². The molecule has 0 aromatic carbocycles.